The summed E-state index contributed by atoms with van der Waals surface area (Å²) in [5.41, 5.74) is 0.711. The summed E-state index contributed by atoms with van der Waals surface area (Å²) in [6, 6.07) is 5.76. The molecule has 1 rings (SSSR count). The van der Waals surface area contributed by atoms with E-state index in [0.717, 1.165) is 0 Å². The molecule has 0 bridgehead atoms. The monoisotopic (exact) mass is 310 g/mol. The normalized spacial score (nSPS) is 13.9. The van der Waals surface area contributed by atoms with E-state index in [0.29, 0.717) is 5.56 Å². The standard InChI is InChI=1S/C14H18N2O4S/c1-10(13(9-17)21-2)15-14(18)8-5-11-3-6-12(7-4-11)16(19)20/h3-8,10,13,17H,9H2,1-2H3,(H,15,18)/b8-5+. The SMILES string of the molecule is CSC(CO)C(C)NC(=O)/C=C/c1ccc([N+](=O)[O-])cc1. The van der Waals surface area contributed by atoms with E-state index in [9.17, 15) is 14.9 Å². The summed E-state index contributed by atoms with van der Waals surface area (Å²) in [5, 5.41) is 22.4. The van der Waals surface area contributed by atoms with Crippen LogP contribution in [0.25, 0.3) is 6.08 Å². The van der Waals surface area contributed by atoms with Gasteiger partial charge in [-0.05, 0) is 37.0 Å². The number of hydrogen-bond acceptors (Lipinski definition) is 5. The van der Waals surface area contributed by atoms with Gasteiger partial charge in [-0.1, -0.05) is 0 Å². The Kier molecular flexibility index (Phi) is 6.90. The van der Waals surface area contributed by atoms with Crippen LogP contribution >= 0.6 is 11.8 Å². The van der Waals surface area contributed by atoms with E-state index in [2.05, 4.69) is 5.32 Å². The average molecular weight is 310 g/mol. The Labute approximate surface area is 127 Å². The lowest BCUT2D eigenvalue weighted by Gasteiger charge is -2.20. The largest absolute Gasteiger partial charge is 0.395 e. The second-order valence-corrected chi connectivity index (χ2v) is 5.51. The summed E-state index contributed by atoms with van der Waals surface area (Å²) in [6.07, 6.45) is 4.82. The summed E-state index contributed by atoms with van der Waals surface area (Å²) >= 11 is 1.49. The molecule has 1 aromatic rings. The molecule has 114 valence electrons. The molecule has 0 saturated carbocycles. The first-order valence-electron chi connectivity index (χ1n) is 6.34. The van der Waals surface area contributed by atoms with Gasteiger partial charge in [0.2, 0.25) is 5.91 Å². The van der Waals surface area contributed by atoms with Gasteiger partial charge < -0.3 is 10.4 Å². The van der Waals surface area contributed by atoms with E-state index in [4.69, 9.17) is 5.11 Å². The van der Waals surface area contributed by atoms with Gasteiger partial charge in [0.15, 0.2) is 0 Å². The second kappa shape index (κ2) is 8.43. The first kappa shape index (κ1) is 17.2. The zero-order valence-electron chi connectivity index (χ0n) is 11.9. The minimum absolute atomic E-state index is 0.00528. The molecule has 0 fully saturated rings. The van der Waals surface area contributed by atoms with Crippen LogP contribution in [0, 0.1) is 10.1 Å². The third-order valence-corrected chi connectivity index (χ3v) is 4.10. The molecular formula is C14H18N2O4S. The number of non-ortho nitro benzene ring substituents is 1. The van der Waals surface area contributed by atoms with Gasteiger partial charge in [-0.15, -0.1) is 0 Å². The highest BCUT2D eigenvalue weighted by atomic mass is 32.2. The number of nitro benzene ring substituents is 1. The van der Waals surface area contributed by atoms with Gasteiger partial charge >= 0.3 is 0 Å². The van der Waals surface area contributed by atoms with Crippen LogP contribution < -0.4 is 5.32 Å². The fourth-order valence-electron chi connectivity index (χ4n) is 1.68. The molecule has 7 heteroatoms. The van der Waals surface area contributed by atoms with Crippen LogP contribution in [-0.4, -0.2) is 40.1 Å². The van der Waals surface area contributed by atoms with Crippen molar-refractivity contribution < 1.29 is 14.8 Å². The molecule has 0 aliphatic rings. The van der Waals surface area contributed by atoms with E-state index in [-0.39, 0.29) is 29.5 Å². The van der Waals surface area contributed by atoms with E-state index in [1.54, 1.807) is 18.2 Å². The second-order valence-electron chi connectivity index (χ2n) is 4.44. The van der Waals surface area contributed by atoms with Crippen molar-refractivity contribution in [2.75, 3.05) is 12.9 Å². The minimum atomic E-state index is -0.473. The molecule has 0 spiro atoms. The number of nitro groups is 1. The molecule has 1 amide bonds. The topological polar surface area (TPSA) is 92.5 Å². The summed E-state index contributed by atoms with van der Waals surface area (Å²) in [5.74, 6) is -0.270. The predicted octanol–water partition coefficient (Wildman–Crippen LogP) is 1.84. The van der Waals surface area contributed by atoms with Gasteiger partial charge in [0.05, 0.1) is 11.5 Å². The molecule has 2 N–H and O–H groups in total. The number of carbonyl (C=O) groups is 1. The maximum absolute atomic E-state index is 11.7. The third kappa shape index (κ3) is 5.57. The number of thioether (sulfide) groups is 1. The van der Waals surface area contributed by atoms with Crippen LogP contribution in [0.15, 0.2) is 30.3 Å². The van der Waals surface area contributed by atoms with Crippen LogP contribution in [0.1, 0.15) is 12.5 Å². The van der Waals surface area contributed by atoms with E-state index in [1.807, 2.05) is 13.2 Å². The van der Waals surface area contributed by atoms with E-state index < -0.39 is 4.92 Å². The van der Waals surface area contributed by atoms with Gasteiger partial charge in [0, 0.05) is 29.5 Å². The molecule has 1 aromatic carbocycles. The van der Waals surface area contributed by atoms with E-state index in [1.165, 1.54) is 30.0 Å². The number of aliphatic hydroxyl groups excluding tert-OH is 1. The van der Waals surface area contributed by atoms with Gasteiger partial charge in [-0.25, -0.2) is 0 Å². The lowest BCUT2D eigenvalue weighted by atomic mass is 10.2. The van der Waals surface area contributed by atoms with Crippen LogP contribution in [0.4, 0.5) is 5.69 Å². The van der Waals surface area contributed by atoms with E-state index >= 15 is 0 Å². The van der Waals surface area contributed by atoms with Crippen molar-refractivity contribution in [1.82, 2.24) is 5.32 Å². The minimum Gasteiger partial charge on any atom is -0.395 e. The number of carbonyl (C=O) groups excluding carboxylic acids is 1. The number of rotatable bonds is 7. The van der Waals surface area contributed by atoms with Crippen LogP contribution in [0.3, 0.4) is 0 Å². The average Bonchev–Trinajstić information content (AvgIpc) is 2.46. The first-order valence-corrected chi connectivity index (χ1v) is 7.63. The number of aliphatic hydroxyl groups is 1. The molecule has 0 radical (unpaired) electrons. The summed E-state index contributed by atoms with van der Waals surface area (Å²) in [7, 11) is 0. The highest BCUT2D eigenvalue weighted by Crippen LogP contribution is 2.13. The highest BCUT2D eigenvalue weighted by Gasteiger charge is 2.16. The lowest BCUT2D eigenvalue weighted by Crippen LogP contribution is -2.40. The predicted molar refractivity (Wildman–Crippen MR) is 84.1 cm³/mol. The van der Waals surface area contributed by atoms with Gasteiger partial charge in [-0.2, -0.15) is 11.8 Å². The quantitative estimate of drug-likeness (QED) is 0.455. The highest BCUT2D eigenvalue weighted by molar-refractivity contribution is 7.99. The van der Waals surface area contributed by atoms with Gasteiger partial charge in [0.25, 0.3) is 5.69 Å². The van der Waals surface area contributed by atoms with Crippen molar-refractivity contribution in [1.29, 1.82) is 0 Å². The Morgan fingerprint density at radius 1 is 1.48 bits per heavy atom. The molecule has 0 aliphatic heterocycles. The number of nitrogens with zero attached hydrogens (tertiary/aromatic N) is 1. The molecule has 0 aliphatic carbocycles. The van der Waals surface area contributed by atoms with Crippen molar-refractivity contribution in [2.45, 2.75) is 18.2 Å². The molecule has 2 atom stereocenters. The Hall–Kier alpha value is -1.86. The van der Waals surface area contributed by atoms with Crippen LogP contribution in [0.5, 0.6) is 0 Å². The molecule has 6 nitrogen and oxygen atoms in total. The molecule has 21 heavy (non-hydrogen) atoms. The molecule has 0 saturated heterocycles. The van der Waals surface area contributed by atoms with Crippen molar-refractivity contribution >= 4 is 29.4 Å². The summed E-state index contributed by atoms with van der Waals surface area (Å²) < 4.78 is 0. The molecule has 0 aromatic heterocycles. The van der Waals surface area contributed by atoms with Crippen molar-refractivity contribution in [3.63, 3.8) is 0 Å². The zero-order valence-corrected chi connectivity index (χ0v) is 12.7. The number of nitrogens with one attached hydrogen (secondary N) is 1. The van der Waals surface area contributed by atoms with Crippen molar-refractivity contribution in [3.05, 3.63) is 46.0 Å². The maximum Gasteiger partial charge on any atom is 0.269 e. The first-order chi connectivity index (χ1) is 9.97. The number of hydrogen-bond donors (Lipinski definition) is 2. The fraction of sp³-hybridized carbons (Fsp3) is 0.357. The number of amides is 1. The molecule has 2 unspecified atom stereocenters. The van der Waals surface area contributed by atoms with Crippen molar-refractivity contribution in [3.8, 4) is 0 Å². The Balaban J connectivity index is 2.59. The Bertz CT molecular complexity index is 512. The number of benzene rings is 1. The lowest BCUT2D eigenvalue weighted by molar-refractivity contribution is -0.384. The maximum atomic E-state index is 11.7. The van der Waals surface area contributed by atoms with Gasteiger partial charge in [-0.3, -0.25) is 14.9 Å². The van der Waals surface area contributed by atoms with Gasteiger partial charge in [0.1, 0.15) is 0 Å². The Morgan fingerprint density at radius 2 is 2.10 bits per heavy atom. The van der Waals surface area contributed by atoms with Crippen LogP contribution in [-0.2, 0) is 4.79 Å². The smallest absolute Gasteiger partial charge is 0.269 e. The zero-order chi connectivity index (χ0) is 15.8. The molecular weight excluding hydrogens is 292 g/mol. The summed E-state index contributed by atoms with van der Waals surface area (Å²) in [6.45, 7) is 1.82. The van der Waals surface area contributed by atoms with Crippen molar-refractivity contribution in [2.24, 2.45) is 0 Å². The van der Waals surface area contributed by atoms with Crippen LogP contribution in [0.2, 0.25) is 0 Å². The fourth-order valence-corrected chi connectivity index (χ4v) is 2.31. The molecule has 0 heterocycles. The summed E-state index contributed by atoms with van der Waals surface area (Å²) in [4.78, 5) is 21.8. The Morgan fingerprint density at radius 3 is 2.57 bits per heavy atom. The third-order valence-electron chi connectivity index (χ3n) is 2.94.